The molecule has 0 amide bonds. The fourth-order valence-electron chi connectivity index (χ4n) is 6.20. The topological polar surface area (TPSA) is 71.8 Å². The molecule has 5 nitrogen and oxygen atoms in total. The molecule has 0 radical (unpaired) electrons. The van der Waals surface area contributed by atoms with Crippen molar-refractivity contribution in [3.8, 4) is 22.5 Å². The van der Waals surface area contributed by atoms with Crippen LogP contribution in [0.4, 0.5) is 4.39 Å². The maximum Gasteiger partial charge on any atom is 0.180 e. The summed E-state index contributed by atoms with van der Waals surface area (Å²) in [6, 6.07) is 16.9. The zero-order valence-electron chi connectivity index (χ0n) is 19.5. The summed E-state index contributed by atoms with van der Waals surface area (Å²) in [5, 5.41) is 11.8. The first kappa shape index (κ1) is 22.0. The third-order valence-electron chi connectivity index (χ3n) is 7.88. The van der Waals surface area contributed by atoms with E-state index in [9.17, 15) is 9.18 Å². The predicted octanol–water partition coefficient (Wildman–Crippen LogP) is 7.30. The van der Waals surface area contributed by atoms with Gasteiger partial charge in [0.1, 0.15) is 23.5 Å². The van der Waals surface area contributed by atoms with Gasteiger partial charge < -0.3 is 4.52 Å². The van der Waals surface area contributed by atoms with Crippen LogP contribution >= 0.6 is 0 Å². The molecule has 178 valence electrons. The van der Waals surface area contributed by atoms with Gasteiger partial charge in [-0.3, -0.25) is 9.89 Å². The van der Waals surface area contributed by atoms with Gasteiger partial charge in [-0.25, -0.2) is 4.39 Å². The highest BCUT2D eigenvalue weighted by molar-refractivity contribution is 5.98. The second kappa shape index (κ2) is 9.25. The van der Waals surface area contributed by atoms with Gasteiger partial charge in [0, 0.05) is 29.2 Å². The Morgan fingerprint density at radius 1 is 0.886 bits per heavy atom. The van der Waals surface area contributed by atoms with Crippen LogP contribution in [0.25, 0.3) is 22.5 Å². The summed E-state index contributed by atoms with van der Waals surface area (Å²) in [6.45, 7) is 0. The van der Waals surface area contributed by atoms with Gasteiger partial charge in [-0.1, -0.05) is 48.7 Å². The lowest BCUT2D eigenvalue weighted by Crippen LogP contribution is -2.23. The summed E-state index contributed by atoms with van der Waals surface area (Å²) in [5.41, 5.74) is 6.36. The molecule has 2 atom stereocenters. The molecule has 2 heterocycles. The number of carbonyl (C=O) groups is 1. The lowest BCUT2D eigenvalue weighted by atomic mass is 9.68. The van der Waals surface area contributed by atoms with Crippen LogP contribution in [0.1, 0.15) is 78.4 Å². The number of Topliss-reactive ketones (excluding diaryl/α,β-unsaturated/α-hetero) is 1. The van der Waals surface area contributed by atoms with Crippen molar-refractivity contribution in [1.82, 2.24) is 15.4 Å². The molecule has 6 rings (SSSR count). The summed E-state index contributed by atoms with van der Waals surface area (Å²) in [6.07, 6.45) is 8.86. The Labute approximate surface area is 203 Å². The monoisotopic (exact) mass is 469 g/mol. The lowest BCUT2D eigenvalue weighted by Gasteiger charge is -2.36. The lowest BCUT2D eigenvalue weighted by molar-refractivity contribution is 0.0975. The smallest absolute Gasteiger partial charge is 0.180 e. The Morgan fingerprint density at radius 3 is 2.34 bits per heavy atom. The van der Waals surface area contributed by atoms with Crippen LogP contribution in [0.3, 0.4) is 0 Å². The van der Waals surface area contributed by atoms with E-state index >= 15 is 0 Å². The first-order chi connectivity index (χ1) is 17.2. The number of benzene rings is 2. The fraction of sp³-hybridized carbons (Fsp3) is 0.345. The van der Waals surface area contributed by atoms with Crippen LogP contribution in [0.15, 0.2) is 65.4 Å². The second-order valence-electron chi connectivity index (χ2n) is 9.87. The van der Waals surface area contributed by atoms with E-state index < -0.39 is 0 Å². The van der Waals surface area contributed by atoms with Gasteiger partial charge in [-0.15, -0.1) is 0 Å². The minimum atomic E-state index is -0.277. The van der Waals surface area contributed by atoms with Gasteiger partial charge in [0.05, 0.1) is 5.69 Å². The molecule has 0 aliphatic heterocycles. The Hall–Kier alpha value is -3.54. The molecule has 2 aromatic heterocycles. The molecule has 0 spiro atoms. The van der Waals surface area contributed by atoms with E-state index in [0.29, 0.717) is 18.0 Å². The number of aromatic nitrogens is 3. The summed E-state index contributed by atoms with van der Waals surface area (Å²) in [5.74, 6) is 0.689. The Morgan fingerprint density at radius 2 is 1.63 bits per heavy atom. The third kappa shape index (κ3) is 4.11. The number of carbonyl (C=O) groups excluding carboxylic acids is 1. The molecule has 35 heavy (non-hydrogen) atoms. The van der Waals surface area contributed by atoms with Crippen molar-refractivity contribution in [3.05, 3.63) is 83.5 Å². The van der Waals surface area contributed by atoms with Gasteiger partial charge in [-0.05, 0) is 66.8 Å². The van der Waals surface area contributed by atoms with Crippen molar-refractivity contribution in [2.45, 2.75) is 56.8 Å². The van der Waals surface area contributed by atoms with Crippen molar-refractivity contribution in [2.24, 2.45) is 5.92 Å². The van der Waals surface area contributed by atoms with E-state index in [4.69, 9.17) is 4.52 Å². The van der Waals surface area contributed by atoms with Crippen LogP contribution in [0, 0.1) is 11.7 Å². The zero-order valence-corrected chi connectivity index (χ0v) is 19.5. The first-order valence-electron chi connectivity index (χ1n) is 12.6. The molecule has 0 saturated heterocycles. The highest BCUT2D eigenvalue weighted by Gasteiger charge is 2.40. The standard InChI is InChI=1S/C29H28FN3O2/c30-22-12-10-21(11-13-22)28-27-26(20-4-2-1-3-5-20)23(14-15-25(34)29(27)32-31-28)18-6-8-19(9-7-18)24-16-17-35-33-24/h6-13,16-17,20,23,26H,1-5,14-15H2,(H,31,32). The molecule has 1 N–H and O–H groups in total. The largest absolute Gasteiger partial charge is 0.364 e. The number of halogens is 1. The van der Waals surface area contributed by atoms with Crippen LogP contribution in [-0.4, -0.2) is 21.1 Å². The van der Waals surface area contributed by atoms with Crippen LogP contribution in [0.5, 0.6) is 0 Å². The van der Waals surface area contributed by atoms with E-state index in [2.05, 4.69) is 39.6 Å². The Balaban J connectivity index is 1.47. The molecule has 0 bridgehead atoms. The molecule has 2 aliphatic rings. The first-order valence-corrected chi connectivity index (χ1v) is 12.6. The van der Waals surface area contributed by atoms with Gasteiger partial charge in [0.15, 0.2) is 5.78 Å². The SMILES string of the molecule is O=C1CCC(c2ccc(-c3ccon3)cc2)C(C2CCCCC2)c2c(-c3ccc(F)cc3)n[nH]c21. The van der Waals surface area contributed by atoms with E-state index in [1.165, 1.54) is 37.0 Å². The molecule has 2 aliphatic carbocycles. The maximum atomic E-state index is 13.7. The molecule has 6 heteroatoms. The molecular weight excluding hydrogens is 441 g/mol. The summed E-state index contributed by atoms with van der Waals surface area (Å²) in [7, 11) is 0. The van der Waals surface area contributed by atoms with Crippen molar-refractivity contribution >= 4 is 5.78 Å². The number of H-pyrrole nitrogens is 1. The molecule has 4 aromatic rings. The number of nitrogens with zero attached hydrogens (tertiary/aromatic N) is 2. The van der Waals surface area contributed by atoms with Crippen molar-refractivity contribution in [1.29, 1.82) is 0 Å². The fourth-order valence-corrected chi connectivity index (χ4v) is 6.20. The summed E-state index contributed by atoms with van der Waals surface area (Å²) in [4.78, 5) is 13.3. The number of nitrogens with one attached hydrogen (secondary N) is 1. The van der Waals surface area contributed by atoms with Gasteiger partial charge in [0.2, 0.25) is 0 Å². The van der Waals surface area contributed by atoms with Gasteiger partial charge in [-0.2, -0.15) is 5.10 Å². The number of fused-ring (bicyclic) bond motifs is 1. The Bertz CT molecular complexity index is 1300. The van der Waals surface area contributed by atoms with E-state index in [1.54, 1.807) is 18.4 Å². The molecule has 2 aromatic carbocycles. The maximum absolute atomic E-state index is 13.7. The molecule has 1 saturated carbocycles. The highest BCUT2D eigenvalue weighted by atomic mass is 19.1. The van der Waals surface area contributed by atoms with Crippen LogP contribution < -0.4 is 0 Å². The minimum Gasteiger partial charge on any atom is -0.364 e. The zero-order chi connectivity index (χ0) is 23.8. The third-order valence-corrected chi connectivity index (χ3v) is 7.88. The summed E-state index contributed by atoms with van der Waals surface area (Å²) < 4.78 is 18.7. The van der Waals surface area contributed by atoms with Gasteiger partial charge in [0.25, 0.3) is 0 Å². The van der Waals surface area contributed by atoms with Crippen LogP contribution in [0.2, 0.25) is 0 Å². The number of hydrogen-bond acceptors (Lipinski definition) is 4. The van der Waals surface area contributed by atoms with Crippen LogP contribution in [-0.2, 0) is 0 Å². The van der Waals surface area contributed by atoms with E-state index in [0.717, 1.165) is 47.3 Å². The minimum absolute atomic E-state index is 0.114. The average molecular weight is 470 g/mol. The van der Waals surface area contributed by atoms with Gasteiger partial charge >= 0.3 is 0 Å². The number of aromatic amines is 1. The molecular formula is C29H28FN3O2. The van der Waals surface area contributed by atoms with E-state index in [-0.39, 0.29) is 23.4 Å². The highest BCUT2D eigenvalue weighted by Crippen LogP contribution is 2.51. The summed E-state index contributed by atoms with van der Waals surface area (Å²) >= 11 is 0. The molecule has 1 fully saturated rings. The normalized spacial score (nSPS) is 21.0. The second-order valence-corrected chi connectivity index (χ2v) is 9.87. The van der Waals surface area contributed by atoms with E-state index in [1.807, 2.05) is 6.07 Å². The Kier molecular flexibility index (Phi) is 5.80. The quantitative estimate of drug-likeness (QED) is 0.318. The van der Waals surface area contributed by atoms with Crippen molar-refractivity contribution < 1.29 is 13.7 Å². The predicted molar refractivity (Wildman–Crippen MR) is 132 cm³/mol. The number of ketones is 1. The van der Waals surface area contributed by atoms with Crippen molar-refractivity contribution in [3.63, 3.8) is 0 Å². The number of rotatable bonds is 4. The number of hydrogen-bond donors (Lipinski definition) is 1. The average Bonchev–Trinajstić information content (AvgIpc) is 3.56. The molecule has 2 unspecified atom stereocenters. The van der Waals surface area contributed by atoms with Crippen molar-refractivity contribution in [2.75, 3.05) is 0 Å².